The van der Waals surface area contributed by atoms with Gasteiger partial charge in [-0.05, 0) is 47.7 Å². The van der Waals surface area contributed by atoms with Crippen LogP contribution in [0.1, 0.15) is 36.4 Å². The van der Waals surface area contributed by atoms with Gasteiger partial charge in [0, 0.05) is 31.8 Å². The van der Waals surface area contributed by atoms with Crippen molar-refractivity contribution in [2.45, 2.75) is 43.6 Å². The fourth-order valence-corrected chi connectivity index (χ4v) is 4.74. The number of aryl methyl sites for hydroxylation is 1. The number of hydrogen-bond donors (Lipinski definition) is 2. The lowest BCUT2D eigenvalue weighted by molar-refractivity contribution is -0.130. The molecule has 1 unspecified atom stereocenters. The van der Waals surface area contributed by atoms with Gasteiger partial charge in [0.05, 0.1) is 31.9 Å². The molecule has 3 aromatic rings. The molecule has 1 aliphatic heterocycles. The molecule has 1 aromatic heterocycles. The van der Waals surface area contributed by atoms with E-state index >= 15 is 0 Å². The Morgan fingerprint density at radius 1 is 1.14 bits per heavy atom. The van der Waals surface area contributed by atoms with Gasteiger partial charge in [0.15, 0.2) is 6.29 Å². The summed E-state index contributed by atoms with van der Waals surface area (Å²) in [6, 6.07) is 14.4. The van der Waals surface area contributed by atoms with E-state index in [-0.39, 0.29) is 18.1 Å². The number of methoxy groups -OCH3 is 1. The van der Waals surface area contributed by atoms with Crippen LogP contribution in [-0.4, -0.2) is 55.3 Å². The van der Waals surface area contributed by atoms with Gasteiger partial charge in [-0.15, -0.1) is 0 Å². The van der Waals surface area contributed by atoms with Crippen molar-refractivity contribution in [1.29, 1.82) is 0 Å². The average molecular weight is 505 g/mol. The van der Waals surface area contributed by atoms with E-state index in [9.17, 15) is 9.59 Å². The Kier molecular flexibility index (Phi) is 7.25. The summed E-state index contributed by atoms with van der Waals surface area (Å²) < 4.78 is 18.1. The molecule has 194 valence electrons. The van der Waals surface area contributed by atoms with Crippen LogP contribution < -0.4 is 15.4 Å². The summed E-state index contributed by atoms with van der Waals surface area (Å²) in [6.45, 7) is 1.94. The number of rotatable bonds is 10. The third kappa shape index (κ3) is 5.38. The minimum Gasteiger partial charge on any atom is -0.497 e. The molecule has 1 saturated carbocycles. The standard InChI is InChI=1S/C28H32N4O5/c1-29-26(33)25(31-27(34)28(11-12-28)22-6-8-23(35-2)9-7-22)20-5-3-4-19(16-20)21-17-30-32(18-21)13-10-24-36-14-15-37-24/h3-9,16-18,24-25H,10-15H2,1-2H3,(H,29,33)(H,31,34). The molecule has 1 atom stereocenters. The lowest BCUT2D eigenvalue weighted by Gasteiger charge is -2.22. The zero-order chi connectivity index (χ0) is 25.8. The quantitative estimate of drug-likeness (QED) is 0.440. The Bertz CT molecular complexity index is 1250. The van der Waals surface area contributed by atoms with Gasteiger partial charge in [-0.3, -0.25) is 14.3 Å². The van der Waals surface area contributed by atoms with E-state index < -0.39 is 11.5 Å². The van der Waals surface area contributed by atoms with Crippen LogP contribution in [0.25, 0.3) is 11.1 Å². The lowest BCUT2D eigenvalue weighted by Crippen LogP contribution is -2.43. The fourth-order valence-electron chi connectivity index (χ4n) is 4.74. The number of hydrogen-bond acceptors (Lipinski definition) is 6. The van der Waals surface area contributed by atoms with E-state index in [2.05, 4.69) is 15.7 Å². The van der Waals surface area contributed by atoms with Crippen LogP contribution in [0.4, 0.5) is 0 Å². The summed E-state index contributed by atoms with van der Waals surface area (Å²) in [5, 5.41) is 10.2. The van der Waals surface area contributed by atoms with Crippen molar-refractivity contribution in [3.63, 3.8) is 0 Å². The number of benzene rings is 2. The van der Waals surface area contributed by atoms with Crippen molar-refractivity contribution >= 4 is 11.8 Å². The maximum Gasteiger partial charge on any atom is 0.246 e. The Balaban J connectivity index is 1.32. The molecule has 2 fully saturated rings. The first-order valence-electron chi connectivity index (χ1n) is 12.6. The molecule has 1 saturated heterocycles. The number of carbonyl (C=O) groups excluding carboxylic acids is 2. The van der Waals surface area contributed by atoms with E-state index in [1.807, 2.05) is 59.4 Å². The van der Waals surface area contributed by atoms with Crippen LogP contribution >= 0.6 is 0 Å². The van der Waals surface area contributed by atoms with Crippen molar-refractivity contribution in [3.8, 4) is 16.9 Å². The zero-order valence-corrected chi connectivity index (χ0v) is 21.1. The van der Waals surface area contributed by atoms with Crippen LogP contribution in [0.3, 0.4) is 0 Å². The predicted molar refractivity (Wildman–Crippen MR) is 137 cm³/mol. The Labute approximate surface area is 216 Å². The molecule has 2 amide bonds. The van der Waals surface area contributed by atoms with Crippen LogP contribution in [0, 0.1) is 0 Å². The van der Waals surface area contributed by atoms with Crippen LogP contribution in [0.5, 0.6) is 5.75 Å². The normalized spacial score (nSPS) is 17.2. The van der Waals surface area contributed by atoms with Gasteiger partial charge in [-0.2, -0.15) is 5.10 Å². The molecule has 0 spiro atoms. The van der Waals surface area contributed by atoms with Crippen LogP contribution in [-0.2, 0) is 31.0 Å². The van der Waals surface area contributed by atoms with Gasteiger partial charge < -0.3 is 24.8 Å². The summed E-state index contributed by atoms with van der Waals surface area (Å²) in [7, 11) is 3.19. The highest BCUT2D eigenvalue weighted by atomic mass is 16.7. The minimum absolute atomic E-state index is 0.152. The average Bonchev–Trinajstić information content (AvgIpc) is 3.33. The lowest BCUT2D eigenvalue weighted by atomic mass is 9.93. The third-order valence-corrected chi connectivity index (χ3v) is 7.08. The highest BCUT2D eigenvalue weighted by Crippen LogP contribution is 2.49. The Hall–Kier alpha value is -3.69. The molecule has 37 heavy (non-hydrogen) atoms. The first kappa shape index (κ1) is 25.0. The van der Waals surface area contributed by atoms with Crippen molar-refractivity contribution in [3.05, 3.63) is 72.1 Å². The van der Waals surface area contributed by atoms with Gasteiger partial charge in [-0.25, -0.2) is 0 Å². The molecule has 2 N–H and O–H groups in total. The second-order valence-electron chi connectivity index (χ2n) is 9.41. The molecule has 0 bridgehead atoms. The van der Waals surface area contributed by atoms with Crippen molar-refractivity contribution < 1.29 is 23.8 Å². The van der Waals surface area contributed by atoms with Gasteiger partial charge in [0.2, 0.25) is 11.8 Å². The van der Waals surface area contributed by atoms with Crippen molar-refractivity contribution in [2.75, 3.05) is 27.4 Å². The molecule has 0 radical (unpaired) electrons. The van der Waals surface area contributed by atoms with E-state index in [4.69, 9.17) is 14.2 Å². The SMILES string of the molecule is CNC(=O)C(NC(=O)C1(c2ccc(OC)cc2)CC1)c1cccc(-c2cnn(CCC3OCCO3)c2)c1. The molecule has 9 nitrogen and oxygen atoms in total. The first-order chi connectivity index (χ1) is 18.0. The summed E-state index contributed by atoms with van der Waals surface area (Å²) in [5.74, 6) is 0.313. The molecular weight excluding hydrogens is 472 g/mol. The number of likely N-dealkylation sites (N-methyl/N-ethyl adjacent to an activating group) is 1. The summed E-state index contributed by atoms with van der Waals surface area (Å²) in [6.07, 6.45) is 5.78. The highest BCUT2D eigenvalue weighted by Gasteiger charge is 2.52. The van der Waals surface area contributed by atoms with Gasteiger partial charge >= 0.3 is 0 Å². The van der Waals surface area contributed by atoms with E-state index in [0.717, 1.165) is 41.7 Å². The number of nitrogens with zero attached hydrogens (tertiary/aromatic N) is 2. The smallest absolute Gasteiger partial charge is 0.246 e. The van der Waals surface area contributed by atoms with E-state index in [1.54, 1.807) is 20.4 Å². The fraction of sp³-hybridized carbons (Fsp3) is 0.393. The van der Waals surface area contributed by atoms with Crippen LogP contribution in [0.2, 0.25) is 0 Å². The Morgan fingerprint density at radius 2 is 1.89 bits per heavy atom. The molecule has 2 aliphatic rings. The summed E-state index contributed by atoms with van der Waals surface area (Å²) in [4.78, 5) is 26.4. The van der Waals surface area contributed by atoms with Gasteiger partial charge in [-0.1, -0.05) is 30.3 Å². The zero-order valence-electron chi connectivity index (χ0n) is 21.1. The second-order valence-corrected chi connectivity index (χ2v) is 9.41. The van der Waals surface area contributed by atoms with Gasteiger partial charge in [0.1, 0.15) is 11.8 Å². The molecule has 9 heteroatoms. The van der Waals surface area contributed by atoms with Crippen molar-refractivity contribution in [1.82, 2.24) is 20.4 Å². The topological polar surface area (TPSA) is 104 Å². The Morgan fingerprint density at radius 3 is 2.57 bits per heavy atom. The maximum atomic E-state index is 13.5. The second kappa shape index (κ2) is 10.7. The third-order valence-electron chi connectivity index (χ3n) is 7.08. The predicted octanol–water partition coefficient (Wildman–Crippen LogP) is 2.96. The van der Waals surface area contributed by atoms with E-state index in [1.165, 1.54) is 0 Å². The van der Waals surface area contributed by atoms with E-state index in [0.29, 0.717) is 25.3 Å². The molecule has 2 aromatic carbocycles. The number of aromatic nitrogens is 2. The molecule has 1 aliphatic carbocycles. The van der Waals surface area contributed by atoms with Crippen LogP contribution in [0.15, 0.2) is 60.9 Å². The maximum absolute atomic E-state index is 13.5. The monoisotopic (exact) mass is 504 g/mol. The number of amides is 2. The minimum atomic E-state index is -0.820. The summed E-state index contributed by atoms with van der Waals surface area (Å²) in [5.41, 5.74) is 2.85. The molecule has 2 heterocycles. The number of ether oxygens (including phenoxy) is 3. The van der Waals surface area contributed by atoms with Crippen molar-refractivity contribution in [2.24, 2.45) is 0 Å². The number of nitrogens with one attached hydrogen (secondary N) is 2. The largest absolute Gasteiger partial charge is 0.497 e. The highest BCUT2D eigenvalue weighted by molar-refractivity contribution is 5.95. The van der Waals surface area contributed by atoms with Gasteiger partial charge in [0.25, 0.3) is 0 Å². The number of carbonyl (C=O) groups is 2. The first-order valence-corrected chi connectivity index (χ1v) is 12.6. The molecule has 5 rings (SSSR count). The molecular formula is C28H32N4O5. The summed E-state index contributed by atoms with van der Waals surface area (Å²) >= 11 is 0.